The first-order chi connectivity index (χ1) is 16.7. The maximum atomic E-state index is 12.5. The van der Waals surface area contributed by atoms with Crippen LogP contribution in [0.1, 0.15) is 11.3 Å². The molecule has 172 valence electrons. The van der Waals surface area contributed by atoms with Gasteiger partial charge in [0.1, 0.15) is 12.1 Å². The molecule has 0 radical (unpaired) electrons. The lowest BCUT2D eigenvalue weighted by Gasteiger charge is -2.08. The highest BCUT2D eigenvalue weighted by atomic mass is 32.1. The minimum atomic E-state index is -0.149. The van der Waals surface area contributed by atoms with Gasteiger partial charge in [0.25, 0.3) is 5.56 Å². The molecule has 0 saturated carbocycles. The smallest absolute Gasteiger partial charge is 0.261 e. The molecule has 5 aromatic rings. The number of amides is 1. The highest BCUT2D eigenvalue weighted by Crippen LogP contribution is 2.20. The first kappa shape index (κ1) is 21.7. The van der Waals surface area contributed by atoms with Gasteiger partial charge in [-0.2, -0.15) is 5.10 Å². The van der Waals surface area contributed by atoms with Crippen LogP contribution in [0.5, 0.6) is 0 Å². The van der Waals surface area contributed by atoms with Crippen molar-refractivity contribution in [1.82, 2.24) is 34.6 Å². The summed E-state index contributed by atoms with van der Waals surface area (Å²) in [6.07, 6.45) is 4.90. The quantitative estimate of drug-likeness (QED) is 0.337. The molecular formula is C23H22N8O2S. The monoisotopic (exact) mass is 474 g/mol. The van der Waals surface area contributed by atoms with Crippen molar-refractivity contribution in [2.24, 2.45) is 0 Å². The van der Waals surface area contributed by atoms with E-state index in [2.05, 4.69) is 36.8 Å². The van der Waals surface area contributed by atoms with Crippen LogP contribution in [-0.4, -0.2) is 41.8 Å². The SMILES string of the molecule is O=C(CCn1cnc2ccccc2c1=O)NCCn1ncc2c(NCc3cccs3)ncnc21. The molecule has 0 aliphatic rings. The van der Waals surface area contributed by atoms with Crippen LogP contribution in [-0.2, 0) is 24.4 Å². The Balaban J connectivity index is 1.15. The fraction of sp³-hybridized carbons (Fsp3) is 0.217. The molecule has 5 rings (SSSR count). The van der Waals surface area contributed by atoms with Crippen LogP contribution in [0, 0.1) is 0 Å². The average molecular weight is 475 g/mol. The molecule has 34 heavy (non-hydrogen) atoms. The van der Waals surface area contributed by atoms with E-state index in [1.165, 1.54) is 22.1 Å². The van der Waals surface area contributed by atoms with Crippen LogP contribution in [0.15, 0.2) is 65.4 Å². The topological polar surface area (TPSA) is 120 Å². The number of carbonyl (C=O) groups excluding carboxylic acids is 1. The van der Waals surface area contributed by atoms with E-state index in [1.54, 1.807) is 40.4 Å². The third kappa shape index (κ3) is 4.64. The molecule has 0 saturated heterocycles. The minimum Gasteiger partial charge on any atom is -0.364 e. The molecule has 2 N–H and O–H groups in total. The van der Waals surface area contributed by atoms with Gasteiger partial charge >= 0.3 is 0 Å². The van der Waals surface area contributed by atoms with E-state index in [1.807, 2.05) is 17.5 Å². The van der Waals surface area contributed by atoms with Crippen molar-refractivity contribution in [2.45, 2.75) is 26.1 Å². The summed E-state index contributed by atoms with van der Waals surface area (Å²) in [5.41, 5.74) is 1.20. The average Bonchev–Trinajstić information content (AvgIpc) is 3.53. The fourth-order valence-electron chi connectivity index (χ4n) is 3.66. The number of benzene rings is 1. The lowest BCUT2D eigenvalue weighted by atomic mass is 10.2. The number of carbonyl (C=O) groups is 1. The molecule has 0 aliphatic heterocycles. The Hall–Kier alpha value is -4.12. The van der Waals surface area contributed by atoms with Crippen molar-refractivity contribution in [2.75, 3.05) is 11.9 Å². The molecule has 0 unspecified atom stereocenters. The third-order valence-corrected chi connectivity index (χ3v) is 6.28. The zero-order valence-electron chi connectivity index (χ0n) is 18.2. The summed E-state index contributed by atoms with van der Waals surface area (Å²) >= 11 is 1.68. The van der Waals surface area contributed by atoms with Crippen LogP contribution in [0.2, 0.25) is 0 Å². The van der Waals surface area contributed by atoms with Gasteiger partial charge in [0, 0.05) is 24.4 Å². The summed E-state index contributed by atoms with van der Waals surface area (Å²) < 4.78 is 3.20. The number of rotatable bonds is 9. The summed E-state index contributed by atoms with van der Waals surface area (Å²) in [5, 5.41) is 14.0. The number of nitrogens with one attached hydrogen (secondary N) is 2. The first-order valence-electron chi connectivity index (χ1n) is 10.8. The number of hydrogen-bond donors (Lipinski definition) is 2. The predicted octanol–water partition coefficient (Wildman–Crippen LogP) is 2.42. The van der Waals surface area contributed by atoms with Gasteiger partial charge in [-0.05, 0) is 23.6 Å². The van der Waals surface area contributed by atoms with E-state index in [4.69, 9.17) is 0 Å². The third-order valence-electron chi connectivity index (χ3n) is 5.40. The Kier molecular flexibility index (Phi) is 6.25. The molecule has 0 fully saturated rings. The van der Waals surface area contributed by atoms with E-state index in [9.17, 15) is 9.59 Å². The van der Waals surface area contributed by atoms with Gasteiger partial charge in [0.2, 0.25) is 5.91 Å². The summed E-state index contributed by atoms with van der Waals surface area (Å²) in [6, 6.07) is 11.2. The van der Waals surface area contributed by atoms with Crippen molar-refractivity contribution >= 4 is 45.0 Å². The second-order valence-corrected chi connectivity index (χ2v) is 8.65. The molecule has 1 aromatic carbocycles. The summed E-state index contributed by atoms with van der Waals surface area (Å²) in [5.74, 6) is 0.576. The second kappa shape index (κ2) is 9.79. The molecule has 4 heterocycles. The Labute approximate surface area is 198 Å². The molecule has 11 heteroatoms. The fourth-order valence-corrected chi connectivity index (χ4v) is 4.30. The van der Waals surface area contributed by atoms with Gasteiger partial charge in [0.05, 0.1) is 41.9 Å². The van der Waals surface area contributed by atoms with Crippen molar-refractivity contribution < 1.29 is 4.79 Å². The maximum Gasteiger partial charge on any atom is 0.261 e. The van der Waals surface area contributed by atoms with Crippen molar-refractivity contribution in [3.8, 4) is 0 Å². The Bertz CT molecular complexity index is 1490. The second-order valence-electron chi connectivity index (χ2n) is 7.62. The lowest BCUT2D eigenvalue weighted by molar-refractivity contribution is -0.121. The molecule has 0 spiro atoms. The molecular weight excluding hydrogens is 452 g/mol. The maximum absolute atomic E-state index is 12.5. The molecule has 4 aromatic heterocycles. The van der Waals surface area contributed by atoms with Gasteiger partial charge in [-0.25, -0.2) is 19.6 Å². The van der Waals surface area contributed by atoms with Crippen molar-refractivity contribution in [1.29, 1.82) is 0 Å². The van der Waals surface area contributed by atoms with Crippen molar-refractivity contribution in [3.05, 3.63) is 75.9 Å². The number of aryl methyl sites for hydroxylation is 1. The zero-order chi connectivity index (χ0) is 23.3. The van der Waals surface area contributed by atoms with Gasteiger partial charge in [-0.15, -0.1) is 11.3 Å². The number of nitrogens with zero attached hydrogens (tertiary/aromatic N) is 6. The number of para-hydroxylation sites is 1. The van der Waals surface area contributed by atoms with Gasteiger partial charge in [-0.3, -0.25) is 14.2 Å². The van der Waals surface area contributed by atoms with Crippen LogP contribution >= 0.6 is 11.3 Å². The summed E-state index contributed by atoms with van der Waals surface area (Å²) in [6.45, 7) is 1.80. The lowest BCUT2D eigenvalue weighted by Crippen LogP contribution is -2.30. The van der Waals surface area contributed by atoms with Gasteiger partial charge in [-0.1, -0.05) is 18.2 Å². The van der Waals surface area contributed by atoms with Crippen LogP contribution < -0.4 is 16.2 Å². The Morgan fingerprint density at radius 1 is 1.03 bits per heavy atom. The highest BCUT2D eigenvalue weighted by molar-refractivity contribution is 7.09. The minimum absolute atomic E-state index is 0.149. The van der Waals surface area contributed by atoms with Crippen LogP contribution in [0.25, 0.3) is 21.9 Å². The molecule has 1 amide bonds. The molecule has 0 atom stereocenters. The molecule has 0 aliphatic carbocycles. The number of aromatic nitrogens is 6. The number of fused-ring (bicyclic) bond motifs is 2. The molecule has 0 bridgehead atoms. The Morgan fingerprint density at radius 2 is 1.94 bits per heavy atom. The highest BCUT2D eigenvalue weighted by Gasteiger charge is 2.11. The normalized spacial score (nSPS) is 11.2. The largest absolute Gasteiger partial charge is 0.364 e. The van der Waals surface area contributed by atoms with Crippen LogP contribution in [0.4, 0.5) is 5.82 Å². The van der Waals surface area contributed by atoms with Gasteiger partial charge in [0.15, 0.2) is 5.65 Å². The first-order valence-corrected chi connectivity index (χ1v) is 11.7. The van der Waals surface area contributed by atoms with E-state index < -0.39 is 0 Å². The van der Waals surface area contributed by atoms with E-state index in [-0.39, 0.29) is 24.4 Å². The summed E-state index contributed by atoms with van der Waals surface area (Å²) in [7, 11) is 0. The van der Waals surface area contributed by atoms with E-state index in [0.29, 0.717) is 36.2 Å². The summed E-state index contributed by atoms with van der Waals surface area (Å²) in [4.78, 5) is 39.0. The predicted molar refractivity (Wildman–Crippen MR) is 131 cm³/mol. The number of thiophene rings is 1. The standard InChI is InChI=1S/C23H22N8O2S/c32-20(7-9-30-15-28-19-6-2-1-5-17(19)23(30)33)24-8-10-31-22-18(13-29-31)21(26-14-27-22)25-12-16-4-3-11-34-16/h1-6,11,13-15H,7-10,12H2,(H,24,32)(H,25,26,27). The van der Waals surface area contributed by atoms with Gasteiger partial charge < -0.3 is 10.6 Å². The van der Waals surface area contributed by atoms with Crippen molar-refractivity contribution in [3.63, 3.8) is 0 Å². The Morgan fingerprint density at radius 3 is 2.82 bits per heavy atom. The van der Waals surface area contributed by atoms with E-state index >= 15 is 0 Å². The number of anilines is 1. The number of hydrogen-bond acceptors (Lipinski definition) is 8. The molecule has 10 nitrogen and oxygen atoms in total. The van der Waals surface area contributed by atoms with E-state index in [0.717, 1.165) is 11.2 Å². The zero-order valence-corrected chi connectivity index (χ0v) is 19.0. The van der Waals surface area contributed by atoms with Crippen LogP contribution in [0.3, 0.4) is 0 Å².